The van der Waals surface area contributed by atoms with Gasteiger partial charge in [-0.2, -0.15) is 8.78 Å². The number of furan rings is 1. The van der Waals surface area contributed by atoms with Gasteiger partial charge in [-0.1, -0.05) is 11.6 Å². The number of fused-ring (bicyclic) bond motifs is 1. The van der Waals surface area contributed by atoms with Crippen molar-refractivity contribution in [1.82, 2.24) is 9.88 Å². The van der Waals surface area contributed by atoms with Gasteiger partial charge in [-0.25, -0.2) is 4.98 Å². The molecule has 0 unspecified atom stereocenters. The fourth-order valence-corrected chi connectivity index (χ4v) is 4.15. The molecule has 2 aromatic heterocycles. The van der Waals surface area contributed by atoms with E-state index in [9.17, 15) is 13.6 Å². The summed E-state index contributed by atoms with van der Waals surface area (Å²) in [7, 11) is 0. The number of amides is 1. The number of nitrogens with two attached hydrogens (primary N) is 1. The molecular weight excluding hydrogens is 464 g/mol. The van der Waals surface area contributed by atoms with Crippen LogP contribution >= 0.6 is 11.6 Å². The van der Waals surface area contributed by atoms with Gasteiger partial charge in [0.2, 0.25) is 5.88 Å². The molecule has 6 nitrogen and oxygen atoms in total. The van der Waals surface area contributed by atoms with Crippen LogP contribution < -0.4 is 10.5 Å². The van der Waals surface area contributed by atoms with Gasteiger partial charge in [-0.3, -0.25) is 4.79 Å². The van der Waals surface area contributed by atoms with E-state index in [1.54, 1.807) is 6.08 Å². The van der Waals surface area contributed by atoms with Crippen molar-refractivity contribution in [3.63, 3.8) is 0 Å². The average molecular weight is 496 g/mol. The minimum Gasteiger partial charge on any atom is -0.475 e. The largest absolute Gasteiger partial charge is 0.475 e. The lowest BCUT2D eigenvalue weighted by Crippen LogP contribution is -2.32. The molecular formula is C25H32ClF2N3O3. The molecule has 1 aliphatic heterocycles. The first-order chi connectivity index (χ1) is 16.1. The Morgan fingerprint density at radius 2 is 2.03 bits per heavy atom. The van der Waals surface area contributed by atoms with Crippen molar-refractivity contribution in [3.8, 4) is 5.88 Å². The molecule has 0 saturated carbocycles. The Labute approximate surface area is 204 Å². The molecule has 9 heteroatoms. The Hall–Kier alpha value is -2.45. The van der Waals surface area contributed by atoms with Crippen LogP contribution in [0.1, 0.15) is 62.2 Å². The fraction of sp³-hybridized carbons (Fsp3) is 0.520. The SMILES string of the molecule is CC(C)Oc1cc(CCCN2CCCC2)ccn1.NC(=O)C(F)(F)c1cc2c(o1)CCC(Cl)=C2. The second-order valence-corrected chi connectivity index (χ2v) is 9.33. The third kappa shape index (κ3) is 7.27. The smallest absolute Gasteiger partial charge is 0.380 e. The number of likely N-dealkylation sites (tertiary alicyclic amines) is 1. The molecule has 0 atom stereocenters. The predicted octanol–water partition coefficient (Wildman–Crippen LogP) is 5.28. The normalized spacial score (nSPS) is 16.0. The van der Waals surface area contributed by atoms with Gasteiger partial charge in [0.15, 0.2) is 5.76 Å². The lowest BCUT2D eigenvalue weighted by atomic mass is 10.1. The van der Waals surface area contributed by atoms with Crippen molar-refractivity contribution >= 4 is 23.6 Å². The van der Waals surface area contributed by atoms with Gasteiger partial charge >= 0.3 is 5.92 Å². The van der Waals surface area contributed by atoms with Gasteiger partial charge in [0.05, 0.1) is 6.10 Å². The van der Waals surface area contributed by atoms with Crippen LogP contribution in [-0.2, 0) is 23.6 Å². The van der Waals surface area contributed by atoms with E-state index in [1.165, 1.54) is 44.5 Å². The number of ether oxygens (including phenoxy) is 1. The van der Waals surface area contributed by atoms with Crippen molar-refractivity contribution < 1.29 is 22.7 Å². The van der Waals surface area contributed by atoms with Crippen LogP contribution in [0.2, 0.25) is 0 Å². The summed E-state index contributed by atoms with van der Waals surface area (Å²) < 4.78 is 37.0. The van der Waals surface area contributed by atoms with Crippen LogP contribution in [0.25, 0.3) is 6.08 Å². The Bertz CT molecular complexity index is 1000. The second kappa shape index (κ2) is 11.8. The highest BCUT2D eigenvalue weighted by molar-refractivity contribution is 6.31. The summed E-state index contributed by atoms with van der Waals surface area (Å²) in [5, 5.41) is 0.572. The molecule has 2 N–H and O–H groups in total. The summed E-state index contributed by atoms with van der Waals surface area (Å²) >= 11 is 5.77. The summed E-state index contributed by atoms with van der Waals surface area (Å²) in [5.74, 6) is -5.08. The number of allylic oxidation sites excluding steroid dienone is 1. The third-order valence-electron chi connectivity index (χ3n) is 5.66. The molecule has 0 radical (unpaired) electrons. The summed E-state index contributed by atoms with van der Waals surface area (Å²) in [6.45, 7) is 7.86. The number of carbonyl (C=O) groups is 1. The first kappa shape index (κ1) is 26.2. The molecule has 2 aromatic rings. The molecule has 0 spiro atoms. The van der Waals surface area contributed by atoms with E-state index in [-0.39, 0.29) is 6.10 Å². The van der Waals surface area contributed by atoms with E-state index in [0.717, 1.165) is 18.4 Å². The van der Waals surface area contributed by atoms with E-state index >= 15 is 0 Å². The zero-order chi connectivity index (χ0) is 24.7. The van der Waals surface area contributed by atoms with Crippen molar-refractivity contribution in [1.29, 1.82) is 0 Å². The number of hydrogen-bond acceptors (Lipinski definition) is 5. The number of halogens is 3. The first-order valence-corrected chi connectivity index (χ1v) is 12.0. The lowest BCUT2D eigenvalue weighted by molar-refractivity contribution is -0.145. The number of hydrogen-bond donors (Lipinski definition) is 1. The standard InChI is InChI=1S/C15H24N2O.C10H8ClF2NO2/c1-13(2)18-15-12-14(7-8-16-15)6-5-11-17-9-3-4-10-17;11-6-1-2-7-5(3-6)4-8(16-7)10(12,13)9(14)15/h7-8,12-13H,3-6,9-11H2,1-2H3;3-4H,1-2H2,(H2,14,15). The van der Waals surface area contributed by atoms with Crippen LogP contribution in [0.5, 0.6) is 5.88 Å². The maximum atomic E-state index is 13.2. The van der Waals surface area contributed by atoms with Gasteiger partial charge in [-0.05, 0) is 89.4 Å². The highest BCUT2D eigenvalue weighted by Gasteiger charge is 2.43. The second-order valence-electron chi connectivity index (χ2n) is 8.84. The number of nitrogens with zero attached hydrogens (tertiary/aromatic N) is 2. The molecule has 1 fully saturated rings. The Kier molecular flexibility index (Phi) is 9.08. The first-order valence-electron chi connectivity index (χ1n) is 11.7. The van der Waals surface area contributed by atoms with E-state index < -0.39 is 17.6 Å². The monoisotopic (exact) mass is 495 g/mol. The maximum absolute atomic E-state index is 13.2. The van der Waals surface area contributed by atoms with Crippen molar-refractivity contribution in [2.45, 2.75) is 64.4 Å². The van der Waals surface area contributed by atoms with Crippen LogP contribution in [0.3, 0.4) is 0 Å². The fourth-order valence-electron chi connectivity index (χ4n) is 3.94. The third-order valence-corrected chi connectivity index (χ3v) is 5.96. The number of pyridine rings is 1. The van der Waals surface area contributed by atoms with E-state index in [4.69, 9.17) is 20.8 Å². The number of aromatic nitrogens is 1. The summed E-state index contributed by atoms with van der Waals surface area (Å²) in [5.41, 5.74) is 6.41. The molecule has 3 heterocycles. The average Bonchev–Trinajstić information content (AvgIpc) is 3.44. The van der Waals surface area contributed by atoms with Gasteiger partial charge in [0.25, 0.3) is 5.91 Å². The van der Waals surface area contributed by atoms with Gasteiger partial charge in [-0.15, -0.1) is 0 Å². The van der Waals surface area contributed by atoms with Crippen LogP contribution in [0.4, 0.5) is 8.78 Å². The number of carbonyl (C=O) groups excluding carboxylic acids is 1. The zero-order valence-electron chi connectivity index (χ0n) is 19.7. The maximum Gasteiger partial charge on any atom is 0.380 e. The van der Waals surface area contributed by atoms with Crippen molar-refractivity contribution in [2.75, 3.05) is 19.6 Å². The molecule has 1 aliphatic carbocycles. The van der Waals surface area contributed by atoms with E-state index in [2.05, 4.69) is 27.8 Å². The number of rotatable bonds is 8. The minimum absolute atomic E-state index is 0.192. The van der Waals surface area contributed by atoms with E-state index in [1.807, 2.05) is 20.0 Å². The quantitative estimate of drug-likeness (QED) is 0.538. The summed E-state index contributed by atoms with van der Waals surface area (Å²) in [6, 6.07) is 5.27. The molecule has 4 rings (SSSR count). The highest BCUT2D eigenvalue weighted by Crippen LogP contribution is 2.35. The molecule has 0 aromatic carbocycles. The van der Waals surface area contributed by atoms with Crippen LogP contribution in [0, 0.1) is 0 Å². The molecule has 186 valence electrons. The Morgan fingerprint density at radius 3 is 2.71 bits per heavy atom. The molecule has 1 saturated heterocycles. The van der Waals surface area contributed by atoms with Crippen molar-refractivity contribution in [2.24, 2.45) is 5.73 Å². The number of alkyl halides is 2. The van der Waals surface area contributed by atoms with Crippen molar-refractivity contribution in [3.05, 3.63) is 52.1 Å². The van der Waals surface area contributed by atoms with Gasteiger partial charge in [0, 0.05) is 29.3 Å². The van der Waals surface area contributed by atoms with Crippen LogP contribution in [-0.4, -0.2) is 41.5 Å². The highest BCUT2D eigenvalue weighted by atomic mass is 35.5. The topological polar surface area (TPSA) is 81.6 Å². The molecule has 0 bridgehead atoms. The molecule has 2 aliphatic rings. The number of primary amides is 1. The minimum atomic E-state index is -3.78. The zero-order valence-corrected chi connectivity index (χ0v) is 20.4. The number of aryl methyl sites for hydroxylation is 2. The molecule has 1 amide bonds. The van der Waals surface area contributed by atoms with E-state index in [0.29, 0.717) is 29.2 Å². The predicted molar refractivity (Wildman–Crippen MR) is 128 cm³/mol. The Morgan fingerprint density at radius 1 is 1.29 bits per heavy atom. The Balaban J connectivity index is 0.000000192. The molecule has 34 heavy (non-hydrogen) atoms. The van der Waals surface area contributed by atoms with Gasteiger partial charge < -0.3 is 19.8 Å². The van der Waals surface area contributed by atoms with Crippen LogP contribution in [0.15, 0.2) is 33.8 Å². The van der Waals surface area contributed by atoms with Gasteiger partial charge in [0.1, 0.15) is 5.76 Å². The lowest BCUT2D eigenvalue weighted by Gasteiger charge is -2.14. The summed E-state index contributed by atoms with van der Waals surface area (Å²) in [6.07, 6.45) is 9.68. The summed E-state index contributed by atoms with van der Waals surface area (Å²) in [4.78, 5) is 17.4.